The molecule has 1 aliphatic carbocycles. The summed E-state index contributed by atoms with van der Waals surface area (Å²) in [5.41, 5.74) is 1.91. The number of ether oxygens (including phenoxy) is 1. The molecule has 1 heterocycles. The zero-order valence-corrected chi connectivity index (χ0v) is 9.80. The topological polar surface area (TPSA) is 36.3 Å². The second-order valence-electron chi connectivity index (χ2n) is 4.76. The summed E-state index contributed by atoms with van der Waals surface area (Å²) in [5, 5.41) is 8.95. The van der Waals surface area contributed by atoms with Gasteiger partial charge in [0.2, 0.25) is 0 Å². The summed E-state index contributed by atoms with van der Waals surface area (Å²) < 4.78 is 5.80. The molecule has 17 heavy (non-hydrogen) atoms. The molecule has 0 aromatic heterocycles. The lowest BCUT2D eigenvalue weighted by Crippen LogP contribution is -2.48. The van der Waals surface area contributed by atoms with Crippen LogP contribution in [-0.4, -0.2) is 25.3 Å². The van der Waals surface area contributed by atoms with Crippen LogP contribution >= 0.6 is 0 Å². The number of hydrogen-bond donors (Lipinski definition) is 0. The molecule has 1 aromatic rings. The normalized spacial score (nSPS) is 27.6. The van der Waals surface area contributed by atoms with E-state index in [2.05, 4.69) is 17.0 Å². The summed E-state index contributed by atoms with van der Waals surface area (Å²) in [6.45, 7) is 1.74. The molecule has 1 aromatic carbocycles. The van der Waals surface area contributed by atoms with Crippen LogP contribution in [-0.2, 0) is 4.74 Å². The maximum atomic E-state index is 8.95. The predicted octanol–water partition coefficient (Wildman–Crippen LogP) is 2.32. The highest BCUT2D eigenvalue weighted by Crippen LogP contribution is 2.33. The summed E-state index contributed by atoms with van der Waals surface area (Å²) in [6.07, 6.45) is 4.04. The van der Waals surface area contributed by atoms with Crippen molar-refractivity contribution in [1.29, 1.82) is 5.26 Å². The first kappa shape index (κ1) is 10.6. The third-order valence-electron chi connectivity index (χ3n) is 3.79. The Balaban J connectivity index is 1.89. The largest absolute Gasteiger partial charge is 0.374 e. The van der Waals surface area contributed by atoms with Crippen LogP contribution in [0.4, 0.5) is 5.69 Å². The predicted molar refractivity (Wildman–Crippen MR) is 65.9 cm³/mol. The van der Waals surface area contributed by atoms with E-state index in [0.29, 0.717) is 12.1 Å². The smallest absolute Gasteiger partial charge is 0.0992 e. The fourth-order valence-electron chi connectivity index (χ4n) is 3.00. The number of fused-ring (bicyclic) bond motifs is 1. The Morgan fingerprint density at radius 3 is 3.18 bits per heavy atom. The van der Waals surface area contributed by atoms with Crippen LogP contribution in [0.1, 0.15) is 24.8 Å². The highest BCUT2D eigenvalue weighted by Gasteiger charge is 2.36. The van der Waals surface area contributed by atoms with E-state index in [0.717, 1.165) is 18.7 Å². The first-order chi connectivity index (χ1) is 8.38. The van der Waals surface area contributed by atoms with E-state index in [1.807, 2.05) is 18.2 Å². The third-order valence-corrected chi connectivity index (χ3v) is 3.79. The van der Waals surface area contributed by atoms with Crippen molar-refractivity contribution in [2.75, 3.05) is 18.1 Å². The minimum absolute atomic E-state index is 0.398. The minimum atomic E-state index is 0.398. The number of nitrogens with zero attached hydrogens (tertiary/aromatic N) is 2. The molecule has 0 amide bonds. The second kappa shape index (κ2) is 4.38. The van der Waals surface area contributed by atoms with Gasteiger partial charge in [0.15, 0.2) is 0 Å². The van der Waals surface area contributed by atoms with Gasteiger partial charge in [0.1, 0.15) is 0 Å². The average molecular weight is 228 g/mol. The number of hydrogen-bond acceptors (Lipinski definition) is 3. The van der Waals surface area contributed by atoms with Gasteiger partial charge < -0.3 is 9.64 Å². The molecule has 2 unspecified atom stereocenters. The Morgan fingerprint density at radius 1 is 1.35 bits per heavy atom. The van der Waals surface area contributed by atoms with Gasteiger partial charge in [-0.1, -0.05) is 6.07 Å². The molecule has 3 heteroatoms. The van der Waals surface area contributed by atoms with E-state index in [1.54, 1.807) is 0 Å². The Morgan fingerprint density at radius 2 is 2.29 bits per heavy atom. The average Bonchev–Trinajstić information content (AvgIpc) is 2.87. The molecular formula is C14H16N2O. The van der Waals surface area contributed by atoms with Crippen LogP contribution in [0.3, 0.4) is 0 Å². The van der Waals surface area contributed by atoms with Crippen molar-refractivity contribution in [3.63, 3.8) is 0 Å². The molecule has 88 valence electrons. The van der Waals surface area contributed by atoms with Crippen LogP contribution in [0.25, 0.3) is 0 Å². The quantitative estimate of drug-likeness (QED) is 0.740. The van der Waals surface area contributed by atoms with E-state index in [1.165, 1.54) is 24.9 Å². The molecule has 2 aliphatic rings. The first-order valence-electron chi connectivity index (χ1n) is 6.27. The second-order valence-corrected chi connectivity index (χ2v) is 4.76. The number of benzene rings is 1. The van der Waals surface area contributed by atoms with Gasteiger partial charge in [-0.25, -0.2) is 0 Å². The fourth-order valence-corrected chi connectivity index (χ4v) is 3.00. The third kappa shape index (κ3) is 1.89. The van der Waals surface area contributed by atoms with Gasteiger partial charge >= 0.3 is 0 Å². The van der Waals surface area contributed by atoms with Gasteiger partial charge in [-0.2, -0.15) is 5.26 Å². The molecule has 3 rings (SSSR count). The molecular weight excluding hydrogens is 212 g/mol. The minimum Gasteiger partial charge on any atom is -0.374 e. The SMILES string of the molecule is N#Cc1cccc(N2CCOC3CCCC32)c1. The van der Waals surface area contributed by atoms with Crippen molar-refractivity contribution in [3.05, 3.63) is 29.8 Å². The number of anilines is 1. The van der Waals surface area contributed by atoms with E-state index in [4.69, 9.17) is 10.00 Å². The van der Waals surface area contributed by atoms with Crippen molar-refractivity contribution >= 4 is 5.69 Å². The van der Waals surface area contributed by atoms with Gasteiger partial charge in [0.05, 0.1) is 30.4 Å². The Bertz CT molecular complexity index is 452. The molecule has 0 N–H and O–H groups in total. The summed E-state index contributed by atoms with van der Waals surface area (Å²) in [7, 11) is 0. The van der Waals surface area contributed by atoms with Crippen molar-refractivity contribution in [2.45, 2.75) is 31.4 Å². The van der Waals surface area contributed by atoms with Gasteiger partial charge in [-0.05, 0) is 37.5 Å². The van der Waals surface area contributed by atoms with Crippen LogP contribution in [0, 0.1) is 11.3 Å². The van der Waals surface area contributed by atoms with Crippen molar-refractivity contribution in [2.24, 2.45) is 0 Å². The maximum absolute atomic E-state index is 8.95. The van der Waals surface area contributed by atoms with Gasteiger partial charge in [-0.3, -0.25) is 0 Å². The number of nitriles is 1. The van der Waals surface area contributed by atoms with E-state index in [-0.39, 0.29) is 0 Å². The van der Waals surface area contributed by atoms with E-state index in [9.17, 15) is 0 Å². The Labute approximate surface area is 102 Å². The summed E-state index contributed by atoms with van der Waals surface area (Å²) in [5.74, 6) is 0. The van der Waals surface area contributed by atoms with Crippen molar-refractivity contribution in [3.8, 4) is 6.07 Å². The molecule has 1 aliphatic heterocycles. The maximum Gasteiger partial charge on any atom is 0.0992 e. The molecule has 1 saturated carbocycles. The standard InChI is InChI=1S/C14H16N2O/c15-10-11-3-1-4-12(9-11)16-7-8-17-14-6-2-5-13(14)16/h1,3-4,9,13-14H,2,5-8H2. The molecule has 0 bridgehead atoms. The van der Waals surface area contributed by atoms with E-state index >= 15 is 0 Å². The van der Waals surface area contributed by atoms with Crippen LogP contribution in [0.5, 0.6) is 0 Å². The zero-order chi connectivity index (χ0) is 11.7. The van der Waals surface area contributed by atoms with E-state index < -0.39 is 0 Å². The van der Waals surface area contributed by atoms with Crippen LogP contribution in [0.2, 0.25) is 0 Å². The van der Waals surface area contributed by atoms with Crippen LogP contribution in [0.15, 0.2) is 24.3 Å². The zero-order valence-electron chi connectivity index (χ0n) is 9.80. The molecule has 0 spiro atoms. The van der Waals surface area contributed by atoms with Gasteiger partial charge in [-0.15, -0.1) is 0 Å². The highest BCUT2D eigenvalue weighted by atomic mass is 16.5. The molecule has 3 nitrogen and oxygen atoms in total. The first-order valence-corrected chi connectivity index (χ1v) is 6.27. The number of morpholine rings is 1. The Hall–Kier alpha value is -1.53. The lowest BCUT2D eigenvalue weighted by molar-refractivity contribution is 0.0256. The lowest BCUT2D eigenvalue weighted by Gasteiger charge is -2.39. The fraction of sp³-hybridized carbons (Fsp3) is 0.500. The van der Waals surface area contributed by atoms with Crippen molar-refractivity contribution in [1.82, 2.24) is 0 Å². The summed E-state index contributed by atoms with van der Waals surface area (Å²) in [6, 6.07) is 10.6. The number of rotatable bonds is 1. The molecule has 1 saturated heterocycles. The monoisotopic (exact) mass is 228 g/mol. The lowest BCUT2D eigenvalue weighted by atomic mass is 10.1. The molecule has 2 atom stereocenters. The van der Waals surface area contributed by atoms with Gasteiger partial charge in [0, 0.05) is 12.2 Å². The van der Waals surface area contributed by atoms with Crippen LogP contribution < -0.4 is 4.90 Å². The van der Waals surface area contributed by atoms with Crippen molar-refractivity contribution < 1.29 is 4.74 Å². The highest BCUT2D eigenvalue weighted by molar-refractivity contribution is 5.53. The molecule has 0 radical (unpaired) electrons. The molecule has 2 fully saturated rings. The van der Waals surface area contributed by atoms with Gasteiger partial charge in [0.25, 0.3) is 0 Å². The summed E-state index contributed by atoms with van der Waals surface area (Å²) in [4.78, 5) is 2.42. The summed E-state index contributed by atoms with van der Waals surface area (Å²) >= 11 is 0. The Kier molecular flexibility index (Phi) is 2.74.